The number of piperazine rings is 1. The number of hydrogen-bond acceptors (Lipinski definition) is 6. The largest absolute Gasteiger partial charge is 0.494 e. The fourth-order valence-corrected chi connectivity index (χ4v) is 4.75. The number of rotatable bonds is 8. The summed E-state index contributed by atoms with van der Waals surface area (Å²) in [6.07, 6.45) is 1.66. The molecule has 0 radical (unpaired) electrons. The molecule has 1 fully saturated rings. The van der Waals surface area contributed by atoms with Gasteiger partial charge in [0.15, 0.2) is 0 Å². The van der Waals surface area contributed by atoms with Crippen molar-refractivity contribution in [1.29, 1.82) is 0 Å². The molecule has 1 aliphatic rings. The maximum atomic E-state index is 12.9. The first-order valence-electron chi connectivity index (χ1n) is 10.8. The number of hydrogen-bond donors (Lipinski definition) is 1. The molecule has 2 aromatic carbocycles. The monoisotopic (exact) mass is 469 g/mol. The average molecular weight is 470 g/mol. The zero-order chi connectivity index (χ0) is 23.3. The quantitative estimate of drug-likeness (QED) is 0.543. The van der Waals surface area contributed by atoms with E-state index in [0.29, 0.717) is 36.7 Å². The van der Waals surface area contributed by atoms with Crippen molar-refractivity contribution in [3.63, 3.8) is 0 Å². The Bertz CT molecular complexity index is 1150. The van der Waals surface area contributed by atoms with Gasteiger partial charge in [-0.2, -0.15) is 0 Å². The molecule has 4 rings (SSSR count). The van der Waals surface area contributed by atoms with Crippen LogP contribution in [0.25, 0.3) is 0 Å². The molecule has 0 saturated carbocycles. The van der Waals surface area contributed by atoms with Crippen LogP contribution in [-0.4, -0.2) is 56.9 Å². The molecule has 1 amide bonds. The fraction of sp³-hybridized carbons (Fsp3) is 0.292. The summed E-state index contributed by atoms with van der Waals surface area (Å²) in [6.45, 7) is 5.88. The third-order valence-electron chi connectivity index (χ3n) is 5.45. The molecule has 2 heterocycles. The number of furan rings is 1. The maximum absolute atomic E-state index is 12.9. The second-order valence-corrected chi connectivity index (χ2v) is 9.42. The predicted octanol–water partition coefficient (Wildman–Crippen LogP) is 3.44. The molecule has 33 heavy (non-hydrogen) atoms. The molecule has 0 unspecified atom stereocenters. The predicted molar refractivity (Wildman–Crippen MR) is 125 cm³/mol. The SMILES string of the molecule is CCOc1ccc(NS(=O)(=O)c2ccc(C(=O)N3CCN(Cc4ccco4)CC3)cc2)cc1. The maximum Gasteiger partial charge on any atom is 0.261 e. The topological polar surface area (TPSA) is 92.1 Å². The zero-order valence-corrected chi connectivity index (χ0v) is 19.3. The van der Waals surface area contributed by atoms with Crippen LogP contribution >= 0.6 is 0 Å². The van der Waals surface area contributed by atoms with Crippen LogP contribution in [0.4, 0.5) is 5.69 Å². The number of nitrogens with zero attached hydrogens (tertiary/aromatic N) is 2. The normalized spacial score (nSPS) is 14.8. The lowest BCUT2D eigenvalue weighted by atomic mass is 10.2. The minimum atomic E-state index is -3.77. The Hall–Kier alpha value is -3.30. The summed E-state index contributed by atoms with van der Waals surface area (Å²) < 4.78 is 38.7. The van der Waals surface area contributed by atoms with E-state index >= 15 is 0 Å². The first kappa shape index (κ1) is 22.9. The molecule has 0 aliphatic carbocycles. The first-order chi connectivity index (χ1) is 15.9. The Morgan fingerprint density at radius 1 is 1.00 bits per heavy atom. The van der Waals surface area contributed by atoms with Crippen LogP contribution in [0.15, 0.2) is 76.2 Å². The summed E-state index contributed by atoms with van der Waals surface area (Å²) in [6, 6.07) is 16.5. The Kier molecular flexibility index (Phi) is 7.00. The van der Waals surface area contributed by atoms with Gasteiger partial charge in [0, 0.05) is 37.4 Å². The van der Waals surface area contributed by atoms with Crippen molar-refractivity contribution in [3.8, 4) is 5.75 Å². The van der Waals surface area contributed by atoms with Crippen molar-refractivity contribution < 1.29 is 22.4 Å². The highest BCUT2D eigenvalue weighted by Gasteiger charge is 2.23. The summed E-state index contributed by atoms with van der Waals surface area (Å²) in [5, 5.41) is 0. The molecule has 0 bridgehead atoms. The third kappa shape index (κ3) is 5.74. The molecular weight excluding hydrogens is 442 g/mol. The van der Waals surface area contributed by atoms with E-state index in [1.165, 1.54) is 12.1 Å². The van der Waals surface area contributed by atoms with E-state index in [4.69, 9.17) is 9.15 Å². The molecule has 1 aliphatic heterocycles. The van der Waals surface area contributed by atoms with Gasteiger partial charge in [-0.25, -0.2) is 8.42 Å². The van der Waals surface area contributed by atoms with Gasteiger partial charge in [0.05, 0.1) is 24.3 Å². The summed E-state index contributed by atoms with van der Waals surface area (Å²) >= 11 is 0. The smallest absolute Gasteiger partial charge is 0.261 e. The molecular formula is C24H27N3O5S. The third-order valence-corrected chi connectivity index (χ3v) is 6.85. The lowest BCUT2D eigenvalue weighted by molar-refractivity contribution is 0.0620. The van der Waals surface area contributed by atoms with E-state index < -0.39 is 10.0 Å². The Labute approximate surface area is 193 Å². The van der Waals surface area contributed by atoms with Crippen LogP contribution in [-0.2, 0) is 16.6 Å². The van der Waals surface area contributed by atoms with Gasteiger partial charge < -0.3 is 14.1 Å². The second kappa shape index (κ2) is 10.1. The summed E-state index contributed by atoms with van der Waals surface area (Å²) in [5.41, 5.74) is 0.903. The molecule has 174 valence electrons. The number of carbonyl (C=O) groups excluding carboxylic acids is 1. The van der Waals surface area contributed by atoms with Crippen molar-refractivity contribution in [1.82, 2.24) is 9.80 Å². The van der Waals surface area contributed by atoms with E-state index in [2.05, 4.69) is 9.62 Å². The van der Waals surface area contributed by atoms with Gasteiger partial charge in [-0.1, -0.05) is 0 Å². The van der Waals surface area contributed by atoms with Crippen molar-refractivity contribution in [2.24, 2.45) is 0 Å². The number of ether oxygens (including phenoxy) is 1. The second-order valence-electron chi connectivity index (χ2n) is 7.73. The van der Waals surface area contributed by atoms with Gasteiger partial charge in [-0.15, -0.1) is 0 Å². The Balaban J connectivity index is 1.34. The van der Waals surface area contributed by atoms with Gasteiger partial charge in [-0.05, 0) is 67.6 Å². The number of nitrogens with one attached hydrogen (secondary N) is 1. The fourth-order valence-electron chi connectivity index (χ4n) is 3.69. The molecule has 0 atom stereocenters. The van der Waals surface area contributed by atoms with Crippen LogP contribution in [0.5, 0.6) is 5.75 Å². The molecule has 1 N–H and O–H groups in total. The van der Waals surface area contributed by atoms with Gasteiger partial charge in [0.1, 0.15) is 11.5 Å². The Morgan fingerprint density at radius 3 is 2.30 bits per heavy atom. The molecule has 1 aromatic heterocycles. The van der Waals surface area contributed by atoms with E-state index in [9.17, 15) is 13.2 Å². The zero-order valence-electron chi connectivity index (χ0n) is 18.4. The molecule has 0 spiro atoms. The number of carbonyl (C=O) groups is 1. The standard InChI is InChI=1S/C24H27N3O5S/c1-2-31-21-9-7-20(8-10-21)25-33(29,30)23-11-5-19(6-12-23)24(28)27-15-13-26(14-16-27)18-22-4-3-17-32-22/h3-12,17,25H,2,13-16,18H2,1H3. The highest BCUT2D eigenvalue weighted by Crippen LogP contribution is 2.20. The van der Waals surface area contributed by atoms with Crippen LogP contribution in [0.2, 0.25) is 0 Å². The van der Waals surface area contributed by atoms with Crippen LogP contribution in [0.3, 0.4) is 0 Å². The lowest BCUT2D eigenvalue weighted by Crippen LogP contribution is -2.48. The minimum Gasteiger partial charge on any atom is -0.494 e. The Morgan fingerprint density at radius 2 is 1.70 bits per heavy atom. The van der Waals surface area contributed by atoms with Crippen LogP contribution < -0.4 is 9.46 Å². The van der Waals surface area contributed by atoms with Gasteiger partial charge in [-0.3, -0.25) is 14.4 Å². The highest BCUT2D eigenvalue weighted by atomic mass is 32.2. The van der Waals surface area contributed by atoms with Crippen molar-refractivity contribution in [2.45, 2.75) is 18.4 Å². The van der Waals surface area contributed by atoms with Gasteiger partial charge in [0.2, 0.25) is 0 Å². The molecule has 8 nitrogen and oxygen atoms in total. The first-order valence-corrected chi connectivity index (χ1v) is 12.3. The van der Waals surface area contributed by atoms with E-state index in [1.54, 1.807) is 47.6 Å². The lowest BCUT2D eigenvalue weighted by Gasteiger charge is -2.34. The number of anilines is 1. The molecule has 3 aromatic rings. The number of benzene rings is 2. The van der Waals surface area contributed by atoms with E-state index in [1.807, 2.05) is 19.1 Å². The van der Waals surface area contributed by atoms with Crippen LogP contribution in [0, 0.1) is 0 Å². The number of amides is 1. The molecule has 1 saturated heterocycles. The summed E-state index contributed by atoms with van der Waals surface area (Å²) in [5.74, 6) is 1.48. The van der Waals surface area contributed by atoms with Gasteiger partial charge in [0.25, 0.3) is 15.9 Å². The molecule has 9 heteroatoms. The van der Waals surface area contributed by atoms with Crippen molar-refractivity contribution in [2.75, 3.05) is 37.5 Å². The van der Waals surface area contributed by atoms with Crippen molar-refractivity contribution in [3.05, 3.63) is 78.3 Å². The van der Waals surface area contributed by atoms with Crippen LogP contribution in [0.1, 0.15) is 23.0 Å². The minimum absolute atomic E-state index is 0.0937. The van der Waals surface area contributed by atoms with Gasteiger partial charge >= 0.3 is 0 Å². The van der Waals surface area contributed by atoms with E-state index in [-0.39, 0.29) is 10.8 Å². The summed E-state index contributed by atoms with van der Waals surface area (Å²) in [4.78, 5) is 17.0. The number of sulfonamides is 1. The highest BCUT2D eigenvalue weighted by molar-refractivity contribution is 7.92. The summed E-state index contributed by atoms with van der Waals surface area (Å²) in [7, 11) is -3.77. The van der Waals surface area contributed by atoms with E-state index in [0.717, 1.165) is 25.4 Å². The van der Waals surface area contributed by atoms with Crippen molar-refractivity contribution >= 4 is 21.6 Å². The average Bonchev–Trinajstić information content (AvgIpc) is 3.34.